The second-order valence-corrected chi connectivity index (χ2v) is 9.84. The summed E-state index contributed by atoms with van der Waals surface area (Å²) in [5.41, 5.74) is 3.56. The Morgan fingerprint density at radius 2 is 1.65 bits per heavy atom. The van der Waals surface area contributed by atoms with Gasteiger partial charge in [-0.05, 0) is 82.8 Å². The molecule has 3 aromatic carbocycles. The van der Waals surface area contributed by atoms with E-state index in [0.29, 0.717) is 54.4 Å². The van der Waals surface area contributed by atoms with Crippen LogP contribution in [-0.2, 0) is 14.4 Å². The molecule has 0 aliphatic carbocycles. The summed E-state index contributed by atoms with van der Waals surface area (Å²) < 4.78 is 17.0. The standard InChI is InChI=1S/C27H23Cl2IN4O6/c1-3-8-39-21-6-4-19(5-7-21)33-26(36)27(37)34-31-14-16-9-22(30)25(23(10-16)38-2)40-15-24(35)32-20-12-17(28)11-18(29)13-20/h3-7,9-14H,1,8,15H2,2H3,(H,32,35)(H,33,36)(H,34,37)/b31-14-. The van der Waals surface area contributed by atoms with Gasteiger partial charge in [-0.3, -0.25) is 14.4 Å². The molecular weight excluding hydrogens is 674 g/mol. The van der Waals surface area contributed by atoms with Crippen LogP contribution in [-0.4, -0.2) is 44.3 Å². The molecule has 0 aliphatic rings. The Morgan fingerprint density at radius 1 is 0.950 bits per heavy atom. The van der Waals surface area contributed by atoms with Crippen LogP contribution in [0.3, 0.4) is 0 Å². The number of carbonyl (C=O) groups is 3. The smallest absolute Gasteiger partial charge is 0.329 e. The molecule has 0 spiro atoms. The number of hydrogen-bond donors (Lipinski definition) is 3. The van der Waals surface area contributed by atoms with Crippen LogP contribution in [0.1, 0.15) is 5.56 Å². The van der Waals surface area contributed by atoms with Gasteiger partial charge >= 0.3 is 11.8 Å². The molecule has 3 N–H and O–H groups in total. The number of anilines is 2. The quantitative estimate of drug-likeness (QED) is 0.0824. The minimum Gasteiger partial charge on any atom is -0.493 e. The summed E-state index contributed by atoms with van der Waals surface area (Å²) in [6, 6.07) is 14.5. The summed E-state index contributed by atoms with van der Waals surface area (Å²) in [4.78, 5) is 36.6. The van der Waals surface area contributed by atoms with Crippen molar-refractivity contribution in [2.24, 2.45) is 5.10 Å². The van der Waals surface area contributed by atoms with Gasteiger partial charge in [-0.15, -0.1) is 0 Å². The van der Waals surface area contributed by atoms with Gasteiger partial charge in [-0.1, -0.05) is 35.9 Å². The fourth-order valence-electron chi connectivity index (χ4n) is 3.11. The molecule has 40 heavy (non-hydrogen) atoms. The number of methoxy groups -OCH3 is 1. The molecule has 0 saturated heterocycles. The van der Waals surface area contributed by atoms with Crippen LogP contribution < -0.4 is 30.3 Å². The third kappa shape index (κ3) is 9.43. The van der Waals surface area contributed by atoms with Crippen LogP contribution in [0.25, 0.3) is 0 Å². The maximum atomic E-state index is 12.3. The lowest BCUT2D eigenvalue weighted by Gasteiger charge is -2.13. The van der Waals surface area contributed by atoms with Crippen molar-refractivity contribution in [3.05, 3.63) is 86.4 Å². The number of benzene rings is 3. The van der Waals surface area contributed by atoms with Gasteiger partial charge in [-0.25, -0.2) is 5.43 Å². The largest absolute Gasteiger partial charge is 0.493 e. The molecule has 3 amide bonds. The summed E-state index contributed by atoms with van der Waals surface area (Å²) in [7, 11) is 1.44. The maximum Gasteiger partial charge on any atom is 0.329 e. The van der Waals surface area contributed by atoms with E-state index in [4.69, 9.17) is 37.4 Å². The molecule has 208 valence electrons. The number of halogens is 3. The molecule has 0 atom stereocenters. The van der Waals surface area contributed by atoms with E-state index >= 15 is 0 Å². The Morgan fingerprint density at radius 3 is 2.30 bits per heavy atom. The van der Waals surface area contributed by atoms with Crippen LogP contribution in [0.15, 0.2) is 72.4 Å². The van der Waals surface area contributed by atoms with Crippen molar-refractivity contribution >= 4 is 81.1 Å². The van der Waals surface area contributed by atoms with Crippen LogP contribution >= 0.6 is 45.8 Å². The lowest BCUT2D eigenvalue weighted by atomic mass is 10.2. The molecule has 0 aliphatic heterocycles. The van der Waals surface area contributed by atoms with Crippen molar-refractivity contribution in [3.63, 3.8) is 0 Å². The van der Waals surface area contributed by atoms with Crippen molar-refractivity contribution in [3.8, 4) is 17.2 Å². The normalized spacial score (nSPS) is 10.5. The fraction of sp³-hybridized carbons (Fsp3) is 0.111. The van der Waals surface area contributed by atoms with Crippen molar-refractivity contribution in [1.82, 2.24) is 5.43 Å². The minimum absolute atomic E-state index is 0.306. The van der Waals surface area contributed by atoms with E-state index in [1.54, 1.807) is 60.7 Å². The first kappa shape index (κ1) is 30.7. The number of nitrogens with one attached hydrogen (secondary N) is 3. The highest BCUT2D eigenvalue weighted by Crippen LogP contribution is 2.33. The molecule has 0 bridgehead atoms. The number of rotatable bonds is 11. The molecular formula is C27H23Cl2IN4O6. The lowest BCUT2D eigenvalue weighted by molar-refractivity contribution is -0.136. The van der Waals surface area contributed by atoms with Gasteiger partial charge in [-0.2, -0.15) is 5.10 Å². The van der Waals surface area contributed by atoms with Crippen molar-refractivity contribution in [2.75, 3.05) is 31.0 Å². The second kappa shape index (κ2) is 15.1. The zero-order valence-electron chi connectivity index (χ0n) is 21.0. The third-order valence-electron chi connectivity index (χ3n) is 4.81. The highest BCUT2D eigenvalue weighted by atomic mass is 127. The molecule has 10 nitrogen and oxygen atoms in total. The zero-order chi connectivity index (χ0) is 29.1. The van der Waals surface area contributed by atoms with Gasteiger partial charge in [0.15, 0.2) is 18.1 Å². The summed E-state index contributed by atoms with van der Waals surface area (Å²) >= 11 is 13.9. The van der Waals surface area contributed by atoms with Crippen LogP contribution in [0.5, 0.6) is 17.2 Å². The Hall–Kier alpha value is -3.81. The predicted octanol–water partition coefficient (Wildman–Crippen LogP) is 5.28. The molecule has 13 heteroatoms. The van der Waals surface area contributed by atoms with E-state index in [-0.39, 0.29) is 6.61 Å². The molecule has 0 heterocycles. The number of ether oxygens (including phenoxy) is 3. The molecule has 3 aromatic rings. The van der Waals surface area contributed by atoms with E-state index in [2.05, 4.69) is 27.7 Å². The molecule has 0 fully saturated rings. The first-order valence-electron chi connectivity index (χ1n) is 11.4. The van der Waals surface area contributed by atoms with Crippen LogP contribution in [0.2, 0.25) is 10.0 Å². The average molecular weight is 697 g/mol. The summed E-state index contributed by atoms with van der Waals surface area (Å²) in [6.45, 7) is 3.62. The zero-order valence-corrected chi connectivity index (χ0v) is 24.7. The van der Waals surface area contributed by atoms with Gasteiger partial charge in [0.1, 0.15) is 12.4 Å². The fourth-order valence-corrected chi connectivity index (χ4v) is 4.42. The van der Waals surface area contributed by atoms with Gasteiger partial charge in [0.25, 0.3) is 5.91 Å². The highest BCUT2D eigenvalue weighted by Gasteiger charge is 2.15. The number of carbonyl (C=O) groups excluding carboxylic acids is 3. The van der Waals surface area contributed by atoms with Gasteiger partial charge in [0.05, 0.1) is 16.9 Å². The summed E-state index contributed by atoms with van der Waals surface area (Å²) in [6.07, 6.45) is 2.95. The first-order chi connectivity index (χ1) is 19.2. The summed E-state index contributed by atoms with van der Waals surface area (Å²) in [5.74, 6) is -1.03. The first-order valence-corrected chi connectivity index (χ1v) is 13.3. The molecule has 0 saturated carbocycles. The van der Waals surface area contributed by atoms with E-state index in [1.807, 2.05) is 22.6 Å². The Kier molecular flexibility index (Phi) is 11.6. The average Bonchev–Trinajstić information content (AvgIpc) is 2.91. The van der Waals surface area contributed by atoms with E-state index in [9.17, 15) is 14.4 Å². The monoisotopic (exact) mass is 696 g/mol. The Labute approximate surface area is 253 Å². The number of amides is 3. The van der Waals surface area contributed by atoms with Gasteiger partial charge < -0.3 is 24.8 Å². The molecule has 3 rings (SSSR count). The van der Waals surface area contributed by atoms with Gasteiger partial charge in [0, 0.05) is 21.4 Å². The third-order valence-corrected chi connectivity index (χ3v) is 6.05. The molecule has 0 radical (unpaired) electrons. The Balaban J connectivity index is 1.55. The SMILES string of the molecule is C=CCOc1ccc(NC(=O)C(=O)N/N=C\c2cc(I)c(OCC(=O)Nc3cc(Cl)cc(Cl)c3)c(OC)c2)cc1. The van der Waals surface area contributed by atoms with E-state index in [1.165, 1.54) is 13.3 Å². The number of nitrogens with zero attached hydrogens (tertiary/aromatic N) is 1. The van der Waals surface area contributed by atoms with E-state index < -0.39 is 17.7 Å². The second-order valence-electron chi connectivity index (χ2n) is 7.81. The predicted molar refractivity (Wildman–Crippen MR) is 163 cm³/mol. The van der Waals surface area contributed by atoms with Crippen LogP contribution in [0.4, 0.5) is 11.4 Å². The van der Waals surface area contributed by atoms with Gasteiger partial charge in [0.2, 0.25) is 0 Å². The number of hydrogen-bond acceptors (Lipinski definition) is 7. The number of hydrazone groups is 1. The van der Waals surface area contributed by atoms with Crippen molar-refractivity contribution in [1.29, 1.82) is 0 Å². The van der Waals surface area contributed by atoms with E-state index in [0.717, 1.165) is 0 Å². The molecule has 0 unspecified atom stereocenters. The van der Waals surface area contributed by atoms with Crippen molar-refractivity contribution < 1.29 is 28.6 Å². The Bertz CT molecular complexity index is 1410. The van der Waals surface area contributed by atoms with Crippen LogP contribution in [0, 0.1) is 3.57 Å². The highest BCUT2D eigenvalue weighted by molar-refractivity contribution is 14.1. The summed E-state index contributed by atoms with van der Waals surface area (Å²) in [5, 5.41) is 9.72. The van der Waals surface area contributed by atoms with Crippen molar-refractivity contribution in [2.45, 2.75) is 0 Å². The minimum atomic E-state index is -0.961. The lowest BCUT2D eigenvalue weighted by Crippen LogP contribution is -2.32. The molecule has 0 aromatic heterocycles. The topological polar surface area (TPSA) is 127 Å². The maximum absolute atomic E-state index is 12.3.